The van der Waals surface area contributed by atoms with E-state index in [0.29, 0.717) is 12.2 Å². The van der Waals surface area contributed by atoms with Crippen LogP contribution in [0.5, 0.6) is 0 Å². The van der Waals surface area contributed by atoms with Crippen LogP contribution in [-0.2, 0) is 22.7 Å². The zero-order valence-electron chi connectivity index (χ0n) is 23.3. The van der Waals surface area contributed by atoms with Crippen molar-refractivity contribution >= 4 is 34.2 Å². The maximum atomic E-state index is 14.2. The predicted octanol–water partition coefficient (Wildman–Crippen LogP) is 5.20. The van der Waals surface area contributed by atoms with Crippen LogP contribution >= 0.6 is 0 Å². The van der Waals surface area contributed by atoms with E-state index in [9.17, 15) is 9.59 Å². The highest BCUT2D eigenvalue weighted by Crippen LogP contribution is 2.29. The molecule has 2 atom stereocenters. The molecule has 0 spiro atoms. The van der Waals surface area contributed by atoms with Gasteiger partial charge in [0.05, 0.1) is 5.52 Å². The van der Waals surface area contributed by atoms with Gasteiger partial charge in [0.15, 0.2) is 0 Å². The van der Waals surface area contributed by atoms with Gasteiger partial charge in [0, 0.05) is 32.0 Å². The van der Waals surface area contributed by atoms with Crippen LogP contribution in [0.2, 0.25) is 0 Å². The standard InChI is InChI=1S/C32H36N6O2/c1-23-11-7-8-14-25(23)21-37(30(39)22-38-29-16-10-9-15-28(29)34-35-38)31(24-12-5-4-6-13-24)32(40)33-26-17-19-27(20-18-26)36(2)3/h4-5,7-11,14-20,24,31H,6,12-13,21-22H2,1-3H3,(H,33,40)/t24-,31+/m1/s1. The summed E-state index contributed by atoms with van der Waals surface area (Å²) in [5.74, 6) is -0.355. The Labute approximate surface area is 235 Å². The third-order valence-electron chi connectivity index (χ3n) is 7.64. The van der Waals surface area contributed by atoms with Gasteiger partial charge in [0.2, 0.25) is 11.8 Å². The number of nitrogens with one attached hydrogen (secondary N) is 1. The first kappa shape index (κ1) is 27.1. The molecule has 1 N–H and O–H groups in total. The second-order valence-corrected chi connectivity index (χ2v) is 10.6. The van der Waals surface area contributed by atoms with Crippen LogP contribution in [0.15, 0.2) is 84.9 Å². The van der Waals surface area contributed by atoms with Gasteiger partial charge in [-0.2, -0.15) is 0 Å². The molecule has 8 nitrogen and oxygen atoms in total. The summed E-state index contributed by atoms with van der Waals surface area (Å²) >= 11 is 0. The van der Waals surface area contributed by atoms with Crippen molar-refractivity contribution in [2.45, 2.75) is 45.3 Å². The lowest BCUT2D eigenvalue weighted by atomic mass is 9.85. The molecule has 0 saturated heterocycles. The molecule has 0 bridgehead atoms. The van der Waals surface area contributed by atoms with Crippen LogP contribution in [0.4, 0.5) is 11.4 Å². The third-order valence-corrected chi connectivity index (χ3v) is 7.64. The fourth-order valence-corrected chi connectivity index (χ4v) is 5.34. The summed E-state index contributed by atoms with van der Waals surface area (Å²) in [6, 6.07) is 22.7. The fourth-order valence-electron chi connectivity index (χ4n) is 5.34. The zero-order chi connectivity index (χ0) is 28.1. The number of amides is 2. The molecule has 1 aromatic heterocycles. The van der Waals surface area contributed by atoms with E-state index in [1.54, 1.807) is 9.58 Å². The summed E-state index contributed by atoms with van der Waals surface area (Å²) in [5, 5.41) is 11.6. The highest BCUT2D eigenvalue weighted by molar-refractivity contribution is 5.97. The van der Waals surface area contributed by atoms with Gasteiger partial charge < -0.3 is 15.1 Å². The number of carbonyl (C=O) groups is 2. The largest absolute Gasteiger partial charge is 0.378 e. The van der Waals surface area contributed by atoms with Crippen LogP contribution in [0, 0.1) is 12.8 Å². The van der Waals surface area contributed by atoms with E-state index in [2.05, 4.69) is 27.8 Å². The fraction of sp³-hybridized carbons (Fsp3) is 0.312. The Balaban J connectivity index is 1.50. The minimum absolute atomic E-state index is 0.00370. The van der Waals surface area contributed by atoms with E-state index in [0.717, 1.165) is 47.1 Å². The lowest BCUT2D eigenvalue weighted by molar-refractivity contribution is -0.142. The Hall–Kier alpha value is -4.46. The van der Waals surface area contributed by atoms with Crippen LogP contribution in [-0.4, -0.2) is 51.8 Å². The molecule has 0 fully saturated rings. The van der Waals surface area contributed by atoms with Crippen LogP contribution in [0.25, 0.3) is 11.0 Å². The monoisotopic (exact) mass is 536 g/mol. The number of aryl methyl sites for hydroxylation is 1. The van der Waals surface area contributed by atoms with Gasteiger partial charge in [0.1, 0.15) is 18.1 Å². The lowest BCUT2D eigenvalue weighted by Gasteiger charge is -2.37. The van der Waals surface area contributed by atoms with Gasteiger partial charge in [-0.1, -0.05) is 53.8 Å². The van der Waals surface area contributed by atoms with Crippen LogP contribution < -0.4 is 10.2 Å². The highest BCUT2D eigenvalue weighted by Gasteiger charge is 2.37. The van der Waals surface area contributed by atoms with Crippen molar-refractivity contribution in [3.8, 4) is 0 Å². The quantitative estimate of drug-likeness (QED) is 0.298. The van der Waals surface area contributed by atoms with Crippen LogP contribution in [0.3, 0.4) is 0 Å². The van der Waals surface area contributed by atoms with Crippen LogP contribution in [0.1, 0.15) is 30.4 Å². The number of hydrogen-bond acceptors (Lipinski definition) is 5. The average Bonchev–Trinajstić information content (AvgIpc) is 3.37. The van der Waals surface area contributed by atoms with Gasteiger partial charge >= 0.3 is 0 Å². The van der Waals surface area contributed by atoms with Gasteiger partial charge in [-0.3, -0.25) is 9.59 Å². The predicted molar refractivity (Wildman–Crippen MR) is 159 cm³/mol. The number of anilines is 2. The maximum absolute atomic E-state index is 14.2. The van der Waals surface area contributed by atoms with Gasteiger partial charge in [-0.15, -0.1) is 5.10 Å². The van der Waals surface area contributed by atoms with E-state index >= 15 is 0 Å². The van der Waals surface area contributed by atoms with Crippen molar-refractivity contribution in [3.05, 3.63) is 96.1 Å². The number of fused-ring (bicyclic) bond motifs is 1. The van der Waals surface area contributed by atoms with Gasteiger partial charge in [-0.25, -0.2) is 4.68 Å². The average molecular weight is 537 g/mol. The number of hydrogen-bond donors (Lipinski definition) is 1. The molecule has 0 unspecified atom stereocenters. The molecule has 1 heterocycles. The molecule has 0 aliphatic heterocycles. The number of carbonyl (C=O) groups excluding carboxylic acids is 2. The second kappa shape index (κ2) is 12.2. The molecular weight excluding hydrogens is 500 g/mol. The van der Waals surface area contributed by atoms with Gasteiger partial charge in [-0.05, 0) is 79.6 Å². The smallest absolute Gasteiger partial charge is 0.247 e. The highest BCUT2D eigenvalue weighted by atomic mass is 16.2. The Morgan fingerprint density at radius 1 is 1.00 bits per heavy atom. The minimum atomic E-state index is -0.652. The van der Waals surface area contributed by atoms with Crippen molar-refractivity contribution in [3.63, 3.8) is 0 Å². The molecule has 4 aromatic rings. The van der Waals surface area contributed by atoms with Crippen molar-refractivity contribution in [1.29, 1.82) is 0 Å². The third kappa shape index (κ3) is 6.06. The summed E-state index contributed by atoms with van der Waals surface area (Å²) in [4.78, 5) is 32.0. The number of benzene rings is 3. The molecule has 40 heavy (non-hydrogen) atoms. The van der Waals surface area contributed by atoms with E-state index in [4.69, 9.17) is 0 Å². The molecule has 3 aromatic carbocycles. The number of aromatic nitrogens is 3. The number of nitrogens with zero attached hydrogens (tertiary/aromatic N) is 5. The Kier molecular flexibility index (Phi) is 8.24. The molecule has 8 heteroatoms. The molecule has 206 valence electrons. The number of rotatable bonds is 9. The van der Waals surface area contributed by atoms with Crippen molar-refractivity contribution in [1.82, 2.24) is 19.9 Å². The summed E-state index contributed by atoms with van der Waals surface area (Å²) in [6.45, 7) is 2.36. The zero-order valence-corrected chi connectivity index (χ0v) is 23.3. The second-order valence-electron chi connectivity index (χ2n) is 10.6. The van der Waals surface area contributed by atoms with E-state index < -0.39 is 6.04 Å². The minimum Gasteiger partial charge on any atom is -0.378 e. The summed E-state index contributed by atoms with van der Waals surface area (Å²) in [6.07, 6.45) is 6.73. The molecule has 5 rings (SSSR count). The lowest BCUT2D eigenvalue weighted by Crippen LogP contribution is -2.52. The first-order valence-corrected chi connectivity index (χ1v) is 13.8. The summed E-state index contributed by atoms with van der Waals surface area (Å²) in [5.41, 5.74) is 5.36. The molecule has 2 amide bonds. The molecule has 1 aliphatic carbocycles. The van der Waals surface area contributed by atoms with Crippen molar-refractivity contribution in [2.75, 3.05) is 24.3 Å². The normalized spacial score (nSPS) is 15.5. The van der Waals surface area contributed by atoms with Crippen molar-refractivity contribution < 1.29 is 9.59 Å². The maximum Gasteiger partial charge on any atom is 0.247 e. The molecule has 0 saturated carbocycles. The number of allylic oxidation sites excluding steroid dienone is 2. The molecular formula is C32H36N6O2. The Morgan fingerprint density at radius 3 is 2.48 bits per heavy atom. The van der Waals surface area contributed by atoms with Crippen molar-refractivity contribution in [2.24, 2.45) is 5.92 Å². The topological polar surface area (TPSA) is 83.4 Å². The van der Waals surface area contributed by atoms with Gasteiger partial charge in [0.25, 0.3) is 0 Å². The molecule has 1 aliphatic rings. The Bertz CT molecular complexity index is 1510. The van der Waals surface area contributed by atoms with E-state index in [1.165, 1.54) is 0 Å². The Morgan fingerprint density at radius 2 is 1.75 bits per heavy atom. The van der Waals surface area contributed by atoms with E-state index in [1.807, 2.05) is 98.7 Å². The first-order chi connectivity index (χ1) is 19.4. The van der Waals surface area contributed by atoms with E-state index in [-0.39, 0.29) is 24.3 Å². The number of para-hydroxylation sites is 1. The summed E-state index contributed by atoms with van der Waals surface area (Å²) in [7, 11) is 3.96. The SMILES string of the molecule is Cc1ccccc1CN(C(=O)Cn1nnc2ccccc21)[C@H](C(=O)Nc1ccc(N(C)C)cc1)[C@@H]1CC=CCC1. The first-order valence-electron chi connectivity index (χ1n) is 13.8. The molecule has 0 radical (unpaired) electrons. The summed E-state index contributed by atoms with van der Waals surface area (Å²) < 4.78 is 1.62.